The summed E-state index contributed by atoms with van der Waals surface area (Å²) >= 11 is 6.56. The van der Waals surface area contributed by atoms with Crippen molar-refractivity contribution in [2.75, 3.05) is 33.7 Å². The van der Waals surface area contributed by atoms with Crippen LogP contribution >= 0.6 is 11.6 Å². The summed E-state index contributed by atoms with van der Waals surface area (Å²) in [5.74, 6) is -0.614. The molecule has 218 valence electrons. The number of amides is 1. The molecule has 0 radical (unpaired) electrons. The highest BCUT2D eigenvalue weighted by Crippen LogP contribution is 2.42. The predicted molar refractivity (Wildman–Crippen MR) is 163 cm³/mol. The zero-order chi connectivity index (χ0) is 29.8. The minimum Gasteiger partial charge on any atom is -0.489 e. The number of carboxylic acids is 1. The minimum atomic E-state index is -0.959. The van der Waals surface area contributed by atoms with Crippen LogP contribution in [0.25, 0.3) is 11.1 Å². The first kappa shape index (κ1) is 29.5. The summed E-state index contributed by atoms with van der Waals surface area (Å²) in [5, 5.41) is 9.93. The van der Waals surface area contributed by atoms with Gasteiger partial charge >= 0.3 is 5.97 Å². The number of rotatable bonds is 8. The first-order chi connectivity index (χ1) is 20.2. The first-order valence-corrected chi connectivity index (χ1v) is 14.5. The summed E-state index contributed by atoms with van der Waals surface area (Å²) in [6.45, 7) is 2.37. The van der Waals surface area contributed by atoms with Crippen LogP contribution in [0, 0.1) is 5.82 Å². The molecule has 1 saturated heterocycles. The fourth-order valence-corrected chi connectivity index (χ4v) is 5.94. The number of fused-ring (bicyclic) bond motifs is 1. The predicted octanol–water partition coefficient (Wildman–Crippen LogP) is 6.57. The van der Waals surface area contributed by atoms with E-state index in [0.717, 1.165) is 71.5 Å². The maximum absolute atomic E-state index is 13.9. The van der Waals surface area contributed by atoms with Gasteiger partial charge in [0, 0.05) is 39.8 Å². The van der Waals surface area contributed by atoms with Crippen molar-refractivity contribution in [3.8, 4) is 5.75 Å². The van der Waals surface area contributed by atoms with Crippen LogP contribution in [0.3, 0.4) is 0 Å². The van der Waals surface area contributed by atoms with Crippen LogP contribution in [0.4, 0.5) is 4.39 Å². The van der Waals surface area contributed by atoms with Gasteiger partial charge in [0.15, 0.2) is 0 Å². The number of allylic oxidation sites excluding steroid dienone is 1. The smallest absolute Gasteiger partial charge is 0.335 e. The molecule has 0 spiro atoms. The summed E-state index contributed by atoms with van der Waals surface area (Å²) < 4.78 is 20.2. The molecule has 5 rings (SSSR count). The fraction of sp³-hybridized carbons (Fsp3) is 0.294. The van der Waals surface area contributed by atoms with Crippen LogP contribution in [0.2, 0.25) is 5.02 Å². The van der Waals surface area contributed by atoms with Crippen molar-refractivity contribution in [2.24, 2.45) is 0 Å². The number of carboxylic acid groups (broad SMARTS) is 1. The van der Waals surface area contributed by atoms with E-state index in [1.54, 1.807) is 43.3 Å². The molecular weight excluding hydrogens is 555 g/mol. The van der Waals surface area contributed by atoms with Crippen molar-refractivity contribution in [3.05, 3.63) is 111 Å². The van der Waals surface area contributed by atoms with E-state index < -0.39 is 11.8 Å². The molecule has 2 aliphatic rings. The molecule has 1 atom stereocenters. The highest BCUT2D eigenvalue weighted by molar-refractivity contribution is 6.32. The van der Waals surface area contributed by atoms with Crippen LogP contribution in [-0.4, -0.2) is 66.6 Å². The zero-order valence-corrected chi connectivity index (χ0v) is 24.5. The van der Waals surface area contributed by atoms with Gasteiger partial charge in [-0.25, -0.2) is 9.18 Å². The Morgan fingerprint density at radius 1 is 1.07 bits per heavy atom. The summed E-state index contributed by atoms with van der Waals surface area (Å²) in [6, 6.07) is 17.7. The van der Waals surface area contributed by atoms with E-state index in [-0.39, 0.29) is 17.6 Å². The molecule has 1 heterocycles. The van der Waals surface area contributed by atoms with Gasteiger partial charge in [0.05, 0.1) is 10.6 Å². The van der Waals surface area contributed by atoms with Crippen LogP contribution in [0.1, 0.15) is 51.9 Å². The van der Waals surface area contributed by atoms with Crippen LogP contribution < -0.4 is 4.74 Å². The highest BCUT2D eigenvalue weighted by atomic mass is 35.5. The SMILES string of the molecule is CN(C)C(=O)/C=C/CN1CC[C@H](Oc2ccc(C3=C(c4ccc(F)cc4Cl)CCCc4cc(C(=O)O)ccc43)cc2)C1. The normalized spacial score (nSPS) is 17.3. The average Bonchev–Trinajstić information content (AvgIpc) is 3.31. The summed E-state index contributed by atoms with van der Waals surface area (Å²) in [5.41, 5.74) is 5.86. The molecule has 1 aliphatic carbocycles. The molecule has 1 aliphatic heterocycles. The maximum atomic E-state index is 13.9. The van der Waals surface area contributed by atoms with Gasteiger partial charge in [-0.2, -0.15) is 0 Å². The van der Waals surface area contributed by atoms with Crippen LogP contribution in [0.15, 0.2) is 72.8 Å². The Morgan fingerprint density at radius 3 is 2.55 bits per heavy atom. The van der Waals surface area contributed by atoms with Crippen molar-refractivity contribution in [3.63, 3.8) is 0 Å². The van der Waals surface area contributed by atoms with Gasteiger partial charge < -0.3 is 14.7 Å². The number of likely N-dealkylation sites (tertiary alicyclic amines) is 1. The van der Waals surface area contributed by atoms with Crippen molar-refractivity contribution < 1.29 is 23.8 Å². The number of likely N-dealkylation sites (N-methyl/N-ethyl adjacent to an activating group) is 1. The Kier molecular flexibility index (Phi) is 9.09. The lowest BCUT2D eigenvalue weighted by Gasteiger charge is -2.19. The number of aromatic carboxylic acids is 1. The summed E-state index contributed by atoms with van der Waals surface area (Å²) in [4.78, 5) is 27.3. The summed E-state index contributed by atoms with van der Waals surface area (Å²) in [6.07, 6.45) is 6.68. The van der Waals surface area contributed by atoms with Crippen molar-refractivity contribution >= 4 is 34.6 Å². The fourth-order valence-electron chi connectivity index (χ4n) is 5.66. The van der Waals surface area contributed by atoms with E-state index in [1.807, 2.05) is 36.4 Å². The second kappa shape index (κ2) is 12.9. The van der Waals surface area contributed by atoms with Crippen LogP contribution in [0.5, 0.6) is 5.75 Å². The Balaban J connectivity index is 1.41. The third-order valence-electron chi connectivity index (χ3n) is 7.79. The van der Waals surface area contributed by atoms with E-state index in [4.69, 9.17) is 16.3 Å². The second-order valence-electron chi connectivity index (χ2n) is 11.0. The van der Waals surface area contributed by atoms with Crippen LogP contribution in [-0.2, 0) is 11.2 Å². The maximum Gasteiger partial charge on any atom is 0.335 e. The molecule has 42 heavy (non-hydrogen) atoms. The molecule has 6 nitrogen and oxygen atoms in total. The van der Waals surface area contributed by atoms with Gasteiger partial charge in [0.25, 0.3) is 0 Å². The minimum absolute atomic E-state index is 0.0272. The average molecular weight is 589 g/mol. The van der Waals surface area contributed by atoms with Crippen molar-refractivity contribution in [1.29, 1.82) is 0 Å². The number of benzene rings is 3. The first-order valence-electron chi connectivity index (χ1n) is 14.1. The number of hydrogen-bond donors (Lipinski definition) is 1. The zero-order valence-electron chi connectivity index (χ0n) is 23.8. The Morgan fingerprint density at radius 2 is 1.83 bits per heavy atom. The Bertz CT molecular complexity index is 1550. The van der Waals surface area contributed by atoms with Crippen molar-refractivity contribution in [1.82, 2.24) is 9.80 Å². The molecule has 0 bridgehead atoms. The van der Waals surface area contributed by atoms with E-state index >= 15 is 0 Å². The largest absolute Gasteiger partial charge is 0.489 e. The molecule has 1 N–H and O–H groups in total. The summed E-state index contributed by atoms with van der Waals surface area (Å²) in [7, 11) is 3.47. The lowest BCUT2D eigenvalue weighted by Crippen LogP contribution is -2.25. The molecule has 3 aromatic carbocycles. The quantitative estimate of drug-likeness (QED) is 0.301. The van der Waals surface area contributed by atoms with E-state index in [2.05, 4.69) is 4.90 Å². The number of aryl methyl sites for hydroxylation is 1. The molecule has 0 saturated carbocycles. The van der Waals surface area contributed by atoms with Gasteiger partial charge in [0.1, 0.15) is 17.7 Å². The third-order valence-corrected chi connectivity index (χ3v) is 8.10. The lowest BCUT2D eigenvalue weighted by molar-refractivity contribution is -0.123. The number of ether oxygens (including phenoxy) is 1. The highest BCUT2D eigenvalue weighted by Gasteiger charge is 2.25. The molecule has 1 fully saturated rings. The number of carbonyl (C=O) groups is 2. The number of nitrogens with zero attached hydrogens (tertiary/aromatic N) is 2. The molecule has 1 amide bonds. The van der Waals surface area contributed by atoms with Gasteiger partial charge in [0.2, 0.25) is 5.91 Å². The van der Waals surface area contributed by atoms with E-state index in [1.165, 1.54) is 12.1 Å². The van der Waals surface area contributed by atoms with Gasteiger partial charge in [-0.15, -0.1) is 0 Å². The standard InChI is InChI=1S/C34H34ClFN2O4/c1-37(2)32(39)7-4-17-38-18-16-27(21-38)42-26-12-8-22(9-13-26)33-28-14-10-24(34(40)41)19-23(28)5-3-6-30(33)29-15-11-25(36)20-31(29)35/h4,7-15,19-20,27H,3,5-6,16-18,21H2,1-2H3,(H,40,41)/b7-4+/t27-/m0/s1. The Hall–Kier alpha value is -3.94. The molecule has 0 unspecified atom stereocenters. The number of carbonyl (C=O) groups excluding carboxylic acids is 1. The van der Waals surface area contributed by atoms with E-state index in [9.17, 15) is 19.1 Å². The lowest BCUT2D eigenvalue weighted by atomic mass is 9.87. The molecule has 8 heteroatoms. The Labute approximate surface area is 250 Å². The van der Waals surface area contributed by atoms with Gasteiger partial charge in [-0.1, -0.05) is 41.9 Å². The number of halogens is 2. The molecular formula is C34H34ClFN2O4. The third kappa shape index (κ3) is 6.75. The molecule has 3 aromatic rings. The second-order valence-corrected chi connectivity index (χ2v) is 11.4. The van der Waals surface area contributed by atoms with Gasteiger partial charge in [-0.3, -0.25) is 9.69 Å². The monoisotopic (exact) mass is 588 g/mol. The topological polar surface area (TPSA) is 70.1 Å². The molecule has 0 aromatic heterocycles. The van der Waals surface area contributed by atoms with Crippen molar-refractivity contribution in [2.45, 2.75) is 31.8 Å². The van der Waals surface area contributed by atoms with Gasteiger partial charge in [-0.05, 0) is 95.5 Å². The van der Waals surface area contributed by atoms with E-state index in [0.29, 0.717) is 18.0 Å². The number of hydrogen-bond acceptors (Lipinski definition) is 4.